The number of hydrazone groups is 1. The standard InChI is InChI=1S/C20H26IN7/c21-17-10-4-3-9-16(17)15-22-26-18-23-19(27-11-5-1-6-12-27)25-20(24-18)28-13-7-2-8-14-28/h3-4,9-10,15H,1-2,5-8,11-14H2,(H,23,24,25,26)/b22-15+. The summed E-state index contributed by atoms with van der Waals surface area (Å²) < 4.78 is 1.16. The maximum atomic E-state index is 4.80. The van der Waals surface area contributed by atoms with Gasteiger partial charge in [0, 0.05) is 35.3 Å². The highest BCUT2D eigenvalue weighted by Crippen LogP contribution is 2.22. The minimum atomic E-state index is 0.512. The largest absolute Gasteiger partial charge is 0.341 e. The van der Waals surface area contributed by atoms with Gasteiger partial charge >= 0.3 is 0 Å². The third-order valence-corrected chi connectivity index (χ3v) is 6.15. The molecule has 0 saturated carbocycles. The normalized spacial score (nSPS) is 17.9. The molecule has 2 aromatic rings. The molecule has 0 amide bonds. The number of piperidine rings is 2. The second-order valence-corrected chi connectivity index (χ2v) is 8.41. The SMILES string of the molecule is Ic1ccccc1/C=N/Nc1nc(N2CCCCC2)nc(N2CCCCC2)n1. The zero-order valence-corrected chi connectivity index (χ0v) is 18.2. The number of hydrogen-bond acceptors (Lipinski definition) is 7. The molecule has 2 aliphatic heterocycles. The highest BCUT2D eigenvalue weighted by Gasteiger charge is 2.20. The number of anilines is 3. The molecule has 1 aromatic heterocycles. The Morgan fingerprint density at radius 1 is 0.821 bits per heavy atom. The predicted octanol–water partition coefficient (Wildman–Crippen LogP) is 3.90. The van der Waals surface area contributed by atoms with E-state index in [9.17, 15) is 0 Å². The van der Waals surface area contributed by atoms with Crippen LogP contribution in [0.15, 0.2) is 29.4 Å². The molecular weight excluding hydrogens is 465 g/mol. The first-order valence-corrected chi connectivity index (χ1v) is 11.2. The Labute approximate surface area is 179 Å². The maximum absolute atomic E-state index is 4.80. The lowest BCUT2D eigenvalue weighted by Gasteiger charge is -2.30. The molecular formula is C20H26IN7. The van der Waals surface area contributed by atoms with Crippen molar-refractivity contribution in [2.24, 2.45) is 5.10 Å². The number of hydrogen-bond donors (Lipinski definition) is 1. The molecule has 4 rings (SSSR count). The van der Waals surface area contributed by atoms with Gasteiger partial charge in [-0.25, -0.2) is 5.43 Å². The third kappa shape index (κ3) is 4.89. The van der Waals surface area contributed by atoms with E-state index in [1.54, 1.807) is 0 Å². The Morgan fingerprint density at radius 2 is 1.39 bits per heavy atom. The van der Waals surface area contributed by atoms with Crippen LogP contribution in [0.2, 0.25) is 0 Å². The molecule has 148 valence electrons. The quantitative estimate of drug-likeness (QED) is 0.389. The lowest BCUT2D eigenvalue weighted by molar-refractivity contribution is 0.556. The monoisotopic (exact) mass is 491 g/mol. The summed E-state index contributed by atoms with van der Waals surface area (Å²) in [6.45, 7) is 4.03. The van der Waals surface area contributed by atoms with Crippen LogP contribution in [0.25, 0.3) is 0 Å². The number of nitrogens with zero attached hydrogens (tertiary/aromatic N) is 6. The summed E-state index contributed by atoms with van der Waals surface area (Å²) in [4.78, 5) is 18.7. The van der Waals surface area contributed by atoms with Crippen LogP contribution in [0.3, 0.4) is 0 Å². The van der Waals surface area contributed by atoms with Gasteiger partial charge in [0.25, 0.3) is 0 Å². The van der Waals surface area contributed by atoms with E-state index in [2.05, 4.69) is 59.0 Å². The summed E-state index contributed by atoms with van der Waals surface area (Å²) in [5, 5.41) is 4.38. The van der Waals surface area contributed by atoms with Crippen LogP contribution in [0.5, 0.6) is 0 Å². The molecule has 0 radical (unpaired) electrons. The van der Waals surface area contributed by atoms with Gasteiger partial charge in [0.2, 0.25) is 17.8 Å². The Kier molecular flexibility index (Phi) is 6.56. The van der Waals surface area contributed by atoms with Crippen LogP contribution >= 0.6 is 22.6 Å². The molecule has 8 heteroatoms. The van der Waals surface area contributed by atoms with Crippen LogP contribution in [0, 0.1) is 3.57 Å². The first-order valence-electron chi connectivity index (χ1n) is 10.1. The van der Waals surface area contributed by atoms with E-state index in [0.717, 1.165) is 47.2 Å². The zero-order chi connectivity index (χ0) is 19.2. The van der Waals surface area contributed by atoms with Crippen LogP contribution in [0.1, 0.15) is 44.1 Å². The molecule has 0 atom stereocenters. The van der Waals surface area contributed by atoms with Gasteiger partial charge in [-0.05, 0) is 67.2 Å². The van der Waals surface area contributed by atoms with E-state index < -0.39 is 0 Å². The van der Waals surface area contributed by atoms with E-state index in [4.69, 9.17) is 4.98 Å². The van der Waals surface area contributed by atoms with Crippen LogP contribution in [0.4, 0.5) is 17.8 Å². The van der Waals surface area contributed by atoms with Crippen molar-refractivity contribution in [1.82, 2.24) is 15.0 Å². The molecule has 1 N–H and O–H groups in total. The van der Waals surface area contributed by atoms with Crippen molar-refractivity contribution in [2.75, 3.05) is 41.4 Å². The zero-order valence-electron chi connectivity index (χ0n) is 16.0. The Bertz CT molecular complexity index is 778. The van der Waals surface area contributed by atoms with Gasteiger partial charge in [-0.1, -0.05) is 18.2 Å². The summed E-state index contributed by atoms with van der Waals surface area (Å²) >= 11 is 2.31. The topological polar surface area (TPSA) is 69.5 Å². The van der Waals surface area contributed by atoms with Gasteiger partial charge in [0.15, 0.2) is 0 Å². The van der Waals surface area contributed by atoms with Crippen molar-refractivity contribution >= 4 is 46.7 Å². The van der Waals surface area contributed by atoms with Crippen molar-refractivity contribution in [3.8, 4) is 0 Å². The average Bonchev–Trinajstić information content (AvgIpc) is 2.76. The van der Waals surface area contributed by atoms with Crippen molar-refractivity contribution < 1.29 is 0 Å². The van der Waals surface area contributed by atoms with Crippen LogP contribution in [-0.2, 0) is 0 Å². The molecule has 28 heavy (non-hydrogen) atoms. The Morgan fingerprint density at radius 3 is 1.96 bits per heavy atom. The summed E-state index contributed by atoms with van der Waals surface area (Å²) in [6, 6.07) is 8.14. The lowest BCUT2D eigenvalue weighted by Crippen LogP contribution is -2.34. The first-order chi connectivity index (χ1) is 13.8. The van der Waals surface area contributed by atoms with Crippen molar-refractivity contribution in [1.29, 1.82) is 0 Å². The molecule has 1 aromatic carbocycles. The van der Waals surface area contributed by atoms with Crippen LogP contribution < -0.4 is 15.2 Å². The fraction of sp³-hybridized carbons (Fsp3) is 0.500. The lowest BCUT2D eigenvalue weighted by atomic mass is 10.1. The number of rotatable bonds is 5. The average molecular weight is 491 g/mol. The highest BCUT2D eigenvalue weighted by molar-refractivity contribution is 14.1. The van der Waals surface area contributed by atoms with E-state index in [-0.39, 0.29) is 0 Å². The molecule has 2 fully saturated rings. The molecule has 2 aliphatic rings. The molecule has 7 nitrogen and oxygen atoms in total. The van der Waals surface area contributed by atoms with E-state index in [0.29, 0.717) is 5.95 Å². The molecule has 2 saturated heterocycles. The second-order valence-electron chi connectivity index (χ2n) is 7.25. The second kappa shape index (κ2) is 9.49. The van der Waals surface area contributed by atoms with E-state index in [1.807, 2.05) is 24.4 Å². The third-order valence-electron chi connectivity index (χ3n) is 5.16. The van der Waals surface area contributed by atoms with Crippen molar-refractivity contribution in [3.05, 3.63) is 33.4 Å². The first kappa shape index (κ1) is 19.4. The van der Waals surface area contributed by atoms with Gasteiger partial charge in [0.1, 0.15) is 0 Å². The predicted molar refractivity (Wildman–Crippen MR) is 122 cm³/mol. The molecule has 0 unspecified atom stereocenters. The van der Waals surface area contributed by atoms with E-state index in [1.165, 1.54) is 38.5 Å². The molecule has 3 heterocycles. The minimum absolute atomic E-state index is 0.512. The van der Waals surface area contributed by atoms with Gasteiger partial charge in [0.05, 0.1) is 6.21 Å². The van der Waals surface area contributed by atoms with Gasteiger partial charge < -0.3 is 9.80 Å². The van der Waals surface area contributed by atoms with Crippen molar-refractivity contribution in [3.63, 3.8) is 0 Å². The molecule has 0 spiro atoms. The number of aromatic nitrogens is 3. The fourth-order valence-electron chi connectivity index (χ4n) is 3.61. The van der Waals surface area contributed by atoms with Gasteiger partial charge in [-0.2, -0.15) is 20.1 Å². The van der Waals surface area contributed by atoms with Gasteiger partial charge in [-0.15, -0.1) is 0 Å². The summed E-state index contributed by atoms with van der Waals surface area (Å²) in [5.41, 5.74) is 4.10. The summed E-state index contributed by atoms with van der Waals surface area (Å²) in [6.07, 6.45) is 9.15. The smallest absolute Gasteiger partial charge is 0.250 e. The number of benzene rings is 1. The fourth-order valence-corrected chi connectivity index (χ4v) is 4.14. The maximum Gasteiger partial charge on any atom is 0.250 e. The highest BCUT2D eigenvalue weighted by atomic mass is 127. The van der Waals surface area contributed by atoms with E-state index >= 15 is 0 Å². The molecule has 0 bridgehead atoms. The minimum Gasteiger partial charge on any atom is -0.341 e. The summed E-state index contributed by atoms with van der Waals surface area (Å²) in [5.74, 6) is 2.04. The number of halogens is 1. The Balaban J connectivity index is 1.56. The Hall–Kier alpha value is -1.97. The molecule has 0 aliphatic carbocycles. The van der Waals surface area contributed by atoms with Gasteiger partial charge in [-0.3, -0.25) is 0 Å². The van der Waals surface area contributed by atoms with Crippen molar-refractivity contribution in [2.45, 2.75) is 38.5 Å². The summed E-state index contributed by atoms with van der Waals surface area (Å²) in [7, 11) is 0. The number of nitrogens with one attached hydrogen (secondary N) is 1. The van der Waals surface area contributed by atoms with Crippen LogP contribution in [-0.4, -0.2) is 47.3 Å².